The molecule has 0 spiro atoms. The Labute approximate surface area is 111 Å². The van der Waals surface area contributed by atoms with Crippen molar-refractivity contribution in [1.82, 2.24) is 4.90 Å². The first-order valence-electron chi connectivity index (χ1n) is 6.59. The number of carbonyl (C=O) groups excluding carboxylic acids is 1. The van der Waals surface area contributed by atoms with Gasteiger partial charge in [0, 0.05) is 11.1 Å². The van der Waals surface area contributed by atoms with Gasteiger partial charge in [-0.3, -0.25) is 9.69 Å². The summed E-state index contributed by atoms with van der Waals surface area (Å²) in [6.07, 6.45) is 1.03. The van der Waals surface area contributed by atoms with Gasteiger partial charge in [-0.25, -0.2) is 0 Å². The molecule has 0 saturated heterocycles. The van der Waals surface area contributed by atoms with E-state index in [0.29, 0.717) is 6.54 Å². The van der Waals surface area contributed by atoms with Crippen LogP contribution >= 0.6 is 0 Å². The summed E-state index contributed by atoms with van der Waals surface area (Å²) in [5, 5.41) is 0. The van der Waals surface area contributed by atoms with Gasteiger partial charge in [0.05, 0.1) is 6.54 Å². The van der Waals surface area contributed by atoms with Crippen molar-refractivity contribution in [3.63, 3.8) is 0 Å². The Hall–Kier alpha value is -1.15. The minimum absolute atomic E-state index is 0.0638. The molecule has 0 aliphatic heterocycles. The van der Waals surface area contributed by atoms with Crippen LogP contribution in [0.3, 0.4) is 0 Å². The lowest BCUT2D eigenvalue weighted by Gasteiger charge is -2.34. The molecule has 0 atom stereocenters. The van der Waals surface area contributed by atoms with Gasteiger partial charge in [0.1, 0.15) is 0 Å². The van der Waals surface area contributed by atoms with Crippen molar-refractivity contribution in [2.24, 2.45) is 0 Å². The molecule has 18 heavy (non-hydrogen) atoms. The van der Waals surface area contributed by atoms with Gasteiger partial charge in [-0.2, -0.15) is 0 Å². The number of carbonyl (C=O) groups is 1. The largest absolute Gasteiger partial charge is 0.294 e. The summed E-state index contributed by atoms with van der Waals surface area (Å²) < 4.78 is 0. The van der Waals surface area contributed by atoms with Crippen molar-refractivity contribution < 1.29 is 4.79 Å². The van der Waals surface area contributed by atoms with E-state index in [9.17, 15) is 4.79 Å². The van der Waals surface area contributed by atoms with Gasteiger partial charge in [-0.05, 0) is 46.7 Å². The second-order valence-corrected chi connectivity index (χ2v) is 5.76. The maximum atomic E-state index is 12.3. The molecule has 0 heterocycles. The molecule has 0 N–H and O–H groups in total. The summed E-state index contributed by atoms with van der Waals surface area (Å²) in [5.41, 5.74) is 3.18. The number of likely N-dealkylation sites (N-methyl/N-ethyl adjacent to an activating group) is 1. The molecule has 0 amide bonds. The Kier molecular flexibility index (Phi) is 4.69. The molecule has 0 fully saturated rings. The Balaban J connectivity index is 2.83. The SMILES string of the molecule is CCC(C)(C)N(C)CC(=O)c1ccc(C)cc1C. The first-order valence-corrected chi connectivity index (χ1v) is 6.59. The molecule has 0 aromatic heterocycles. The van der Waals surface area contributed by atoms with Crippen LogP contribution in [0.4, 0.5) is 0 Å². The zero-order valence-corrected chi connectivity index (χ0v) is 12.5. The summed E-state index contributed by atoms with van der Waals surface area (Å²) in [4.78, 5) is 14.4. The maximum absolute atomic E-state index is 12.3. The highest BCUT2D eigenvalue weighted by atomic mass is 16.1. The minimum Gasteiger partial charge on any atom is -0.294 e. The lowest BCUT2D eigenvalue weighted by molar-refractivity contribution is 0.0846. The fraction of sp³-hybridized carbons (Fsp3) is 0.562. The zero-order valence-electron chi connectivity index (χ0n) is 12.5. The average Bonchev–Trinajstić information content (AvgIpc) is 2.28. The monoisotopic (exact) mass is 247 g/mol. The van der Waals surface area contributed by atoms with Crippen molar-refractivity contribution in [2.45, 2.75) is 46.6 Å². The maximum Gasteiger partial charge on any atom is 0.177 e. The Morgan fingerprint density at radius 2 is 1.89 bits per heavy atom. The van der Waals surface area contributed by atoms with Crippen molar-refractivity contribution in [3.8, 4) is 0 Å². The summed E-state index contributed by atoms with van der Waals surface area (Å²) in [5.74, 6) is 0.205. The number of rotatable bonds is 5. The minimum atomic E-state index is 0.0638. The molecule has 2 nitrogen and oxygen atoms in total. The fourth-order valence-corrected chi connectivity index (χ4v) is 1.91. The van der Waals surface area contributed by atoms with E-state index < -0.39 is 0 Å². The van der Waals surface area contributed by atoms with Gasteiger partial charge in [0.25, 0.3) is 0 Å². The highest BCUT2D eigenvalue weighted by Gasteiger charge is 2.23. The molecule has 0 bridgehead atoms. The van der Waals surface area contributed by atoms with Crippen LogP contribution in [0.25, 0.3) is 0 Å². The van der Waals surface area contributed by atoms with Crippen molar-refractivity contribution in [1.29, 1.82) is 0 Å². The van der Waals surface area contributed by atoms with Crippen LogP contribution in [0.15, 0.2) is 18.2 Å². The van der Waals surface area contributed by atoms with Gasteiger partial charge in [-0.15, -0.1) is 0 Å². The Morgan fingerprint density at radius 3 is 2.39 bits per heavy atom. The molecule has 0 unspecified atom stereocenters. The van der Waals surface area contributed by atoms with E-state index >= 15 is 0 Å². The smallest absolute Gasteiger partial charge is 0.177 e. The number of Topliss-reactive ketones (excluding diaryl/α,β-unsaturated/α-hetero) is 1. The Bertz CT molecular complexity index is 435. The summed E-state index contributed by atoms with van der Waals surface area (Å²) in [7, 11) is 2.02. The second-order valence-electron chi connectivity index (χ2n) is 5.76. The normalized spacial score (nSPS) is 11.9. The summed E-state index contributed by atoms with van der Waals surface area (Å²) in [6.45, 7) is 11.0. The van der Waals surface area contributed by atoms with E-state index in [1.54, 1.807) is 0 Å². The lowest BCUT2D eigenvalue weighted by atomic mass is 9.97. The van der Waals surface area contributed by atoms with E-state index in [0.717, 1.165) is 17.5 Å². The number of ketones is 1. The van der Waals surface area contributed by atoms with Crippen molar-refractivity contribution in [3.05, 3.63) is 34.9 Å². The molecule has 1 rings (SSSR count). The molecular weight excluding hydrogens is 222 g/mol. The average molecular weight is 247 g/mol. The van der Waals surface area contributed by atoms with Gasteiger partial charge in [0.15, 0.2) is 5.78 Å². The number of hydrogen-bond donors (Lipinski definition) is 0. The Morgan fingerprint density at radius 1 is 1.28 bits per heavy atom. The molecule has 0 aliphatic rings. The molecule has 100 valence electrons. The molecule has 2 heteroatoms. The molecule has 0 saturated carbocycles. The van der Waals surface area contributed by atoms with Gasteiger partial charge in [-0.1, -0.05) is 30.7 Å². The van der Waals surface area contributed by atoms with Gasteiger partial charge < -0.3 is 0 Å². The number of benzene rings is 1. The highest BCUT2D eigenvalue weighted by molar-refractivity contribution is 5.99. The van der Waals surface area contributed by atoms with Gasteiger partial charge in [0.2, 0.25) is 0 Å². The highest BCUT2D eigenvalue weighted by Crippen LogP contribution is 2.18. The fourth-order valence-electron chi connectivity index (χ4n) is 1.91. The molecule has 1 aromatic rings. The summed E-state index contributed by atoms with van der Waals surface area (Å²) in [6, 6.07) is 6.02. The van der Waals surface area contributed by atoms with E-state index in [2.05, 4.69) is 31.7 Å². The number of aryl methyl sites for hydroxylation is 2. The van der Waals surface area contributed by atoms with Crippen LogP contribution in [-0.2, 0) is 0 Å². The molecular formula is C16H25NO. The number of nitrogens with zero attached hydrogens (tertiary/aromatic N) is 1. The number of hydrogen-bond acceptors (Lipinski definition) is 2. The first kappa shape index (κ1) is 14.9. The zero-order chi connectivity index (χ0) is 13.9. The third-order valence-electron chi connectivity index (χ3n) is 3.96. The van der Waals surface area contributed by atoms with Crippen LogP contribution < -0.4 is 0 Å². The van der Waals surface area contributed by atoms with Gasteiger partial charge >= 0.3 is 0 Å². The molecule has 0 aliphatic carbocycles. The van der Waals surface area contributed by atoms with Crippen molar-refractivity contribution >= 4 is 5.78 Å². The topological polar surface area (TPSA) is 20.3 Å². The van der Waals surface area contributed by atoms with E-state index in [1.165, 1.54) is 5.56 Å². The first-order chi connectivity index (χ1) is 8.27. The van der Waals surface area contributed by atoms with Crippen LogP contribution in [-0.4, -0.2) is 29.8 Å². The lowest BCUT2D eigenvalue weighted by Crippen LogP contribution is -2.43. The van der Waals surface area contributed by atoms with E-state index in [1.807, 2.05) is 33.0 Å². The molecule has 0 radical (unpaired) electrons. The van der Waals surface area contributed by atoms with Crippen LogP contribution in [0.5, 0.6) is 0 Å². The predicted octanol–water partition coefficient (Wildman–Crippen LogP) is 3.61. The third kappa shape index (κ3) is 3.42. The predicted molar refractivity (Wildman–Crippen MR) is 77.2 cm³/mol. The van der Waals surface area contributed by atoms with E-state index in [4.69, 9.17) is 0 Å². The van der Waals surface area contributed by atoms with Crippen LogP contribution in [0.2, 0.25) is 0 Å². The second kappa shape index (κ2) is 5.66. The quantitative estimate of drug-likeness (QED) is 0.741. The standard InChI is InChI=1S/C16H25NO/c1-7-16(4,5)17(6)11-15(18)14-9-8-12(2)10-13(14)3/h8-10H,7,11H2,1-6H3. The van der Waals surface area contributed by atoms with Crippen LogP contribution in [0, 0.1) is 13.8 Å². The van der Waals surface area contributed by atoms with Crippen LogP contribution in [0.1, 0.15) is 48.7 Å². The summed E-state index contributed by atoms with van der Waals surface area (Å²) >= 11 is 0. The van der Waals surface area contributed by atoms with E-state index in [-0.39, 0.29) is 11.3 Å². The third-order valence-corrected chi connectivity index (χ3v) is 3.96. The van der Waals surface area contributed by atoms with Crippen molar-refractivity contribution in [2.75, 3.05) is 13.6 Å². The molecule has 1 aromatic carbocycles.